The lowest BCUT2D eigenvalue weighted by atomic mass is 10.2. The number of amides is 2. The van der Waals surface area contributed by atoms with Crippen molar-refractivity contribution in [3.05, 3.63) is 17.8 Å². The van der Waals surface area contributed by atoms with Gasteiger partial charge in [-0.15, -0.1) is 0 Å². The number of rotatable bonds is 5. The first-order valence-electron chi connectivity index (χ1n) is 6.13. The highest BCUT2D eigenvalue weighted by atomic mass is 16.2. The van der Waals surface area contributed by atoms with Gasteiger partial charge in [0.15, 0.2) is 0 Å². The Labute approximate surface area is 107 Å². The number of hydrogen-bond donors (Lipinski definition) is 2. The van der Waals surface area contributed by atoms with Gasteiger partial charge in [0.25, 0.3) is 0 Å². The molecule has 1 heterocycles. The minimum absolute atomic E-state index is 0.0465. The molecule has 0 atom stereocenters. The van der Waals surface area contributed by atoms with Crippen molar-refractivity contribution < 1.29 is 9.59 Å². The summed E-state index contributed by atoms with van der Waals surface area (Å²) in [6, 6.07) is 1.75. The molecular formula is C13H19N3O2. The molecule has 0 saturated carbocycles. The van der Waals surface area contributed by atoms with Gasteiger partial charge in [0.2, 0.25) is 11.8 Å². The third-order valence-electron chi connectivity index (χ3n) is 2.45. The van der Waals surface area contributed by atoms with Crippen LogP contribution in [-0.2, 0) is 9.59 Å². The first-order valence-corrected chi connectivity index (χ1v) is 6.13. The second kappa shape index (κ2) is 6.74. The normalized spacial score (nSPS) is 9.94. The SMILES string of the molecule is CCCC(=O)Nc1cc(C)c(NC(=O)CC)cn1. The van der Waals surface area contributed by atoms with Crippen LogP contribution in [0.5, 0.6) is 0 Å². The van der Waals surface area contributed by atoms with E-state index >= 15 is 0 Å². The average Bonchev–Trinajstić information content (AvgIpc) is 2.32. The van der Waals surface area contributed by atoms with Crippen LogP contribution in [0.4, 0.5) is 11.5 Å². The molecule has 1 aromatic heterocycles. The van der Waals surface area contributed by atoms with E-state index in [0.717, 1.165) is 12.0 Å². The maximum absolute atomic E-state index is 11.4. The zero-order valence-electron chi connectivity index (χ0n) is 11.0. The zero-order chi connectivity index (χ0) is 13.5. The maximum Gasteiger partial charge on any atom is 0.225 e. The number of pyridine rings is 1. The summed E-state index contributed by atoms with van der Waals surface area (Å²) in [5.41, 5.74) is 1.55. The first-order chi connectivity index (χ1) is 8.56. The van der Waals surface area contributed by atoms with E-state index in [9.17, 15) is 9.59 Å². The molecule has 98 valence electrons. The molecule has 0 bridgehead atoms. The first kappa shape index (κ1) is 14.2. The summed E-state index contributed by atoms with van der Waals surface area (Å²) in [5, 5.41) is 5.47. The molecule has 1 aromatic rings. The van der Waals surface area contributed by atoms with Gasteiger partial charge < -0.3 is 10.6 Å². The molecule has 18 heavy (non-hydrogen) atoms. The smallest absolute Gasteiger partial charge is 0.225 e. The fourth-order valence-corrected chi connectivity index (χ4v) is 1.43. The van der Waals surface area contributed by atoms with E-state index in [4.69, 9.17) is 0 Å². The molecule has 2 amide bonds. The monoisotopic (exact) mass is 249 g/mol. The number of carbonyl (C=O) groups is 2. The lowest BCUT2D eigenvalue weighted by molar-refractivity contribution is -0.116. The molecular weight excluding hydrogens is 230 g/mol. The highest BCUT2D eigenvalue weighted by Gasteiger charge is 2.06. The number of hydrogen-bond acceptors (Lipinski definition) is 3. The summed E-state index contributed by atoms with van der Waals surface area (Å²) in [6.45, 7) is 5.60. The molecule has 2 N–H and O–H groups in total. The highest BCUT2D eigenvalue weighted by molar-refractivity contribution is 5.92. The van der Waals surface area contributed by atoms with Crippen LogP contribution in [0.1, 0.15) is 38.7 Å². The molecule has 0 aliphatic carbocycles. The lowest BCUT2D eigenvalue weighted by Crippen LogP contribution is -2.14. The molecule has 1 rings (SSSR count). The van der Waals surface area contributed by atoms with E-state index in [-0.39, 0.29) is 11.8 Å². The van der Waals surface area contributed by atoms with Crippen LogP contribution in [0.2, 0.25) is 0 Å². The van der Waals surface area contributed by atoms with Crippen LogP contribution in [0.3, 0.4) is 0 Å². The van der Waals surface area contributed by atoms with Crippen molar-refractivity contribution in [2.45, 2.75) is 40.0 Å². The molecule has 0 saturated heterocycles. The second-order valence-corrected chi connectivity index (χ2v) is 4.08. The van der Waals surface area contributed by atoms with Crippen molar-refractivity contribution in [3.8, 4) is 0 Å². The average molecular weight is 249 g/mol. The van der Waals surface area contributed by atoms with Gasteiger partial charge in [-0.2, -0.15) is 0 Å². The number of aryl methyl sites for hydroxylation is 1. The zero-order valence-corrected chi connectivity index (χ0v) is 11.0. The van der Waals surface area contributed by atoms with Crippen molar-refractivity contribution in [2.75, 3.05) is 10.6 Å². The Bertz CT molecular complexity index is 444. The van der Waals surface area contributed by atoms with Gasteiger partial charge in [0, 0.05) is 12.8 Å². The van der Waals surface area contributed by atoms with Crippen molar-refractivity contribution >= 4 is 23.3 Å². The van der Waals surface area contributed by atoms with Gasteiger partial charge in [-0.05, 0) is 25.0 Å². The number of nitrogens with zero attached hydrogens (tertiary/aromatic N) is 1. The van der Waals surface area contributed by atoms with E-state index in [1.54, 1.807) is 19.2 Å². The third kappa shape index (κ3) is 4.16. The quantitative estimate of drug-likeness (QED) is 0.842. The second-order valence-electron chi connectivity index (χ2n) is 4.08. The number of aromatic nitrogens is 1. The number of nitrogens with one attached hydrogen (secondary N) is 2. The number of carbonyl (C=O) groups excluding carboxylic acids is 2. The van der Waals surface area contributed by atoms with Gasteiger partial charge in [-0.25, -0.2) is 4.98 Å². The van der Waals surface area contributed by atoms with E-state index in [0.29, 0.717) is 24.3 Å². The van der Waals surface area contributed by atoms with Gasteiger partial charge >= 0.3 is 0 Å². The fraction of sp³-hybridized carbons (Fsp3) is 0.462. The summed E-state index contributed by atoms with van der Waals surface area (Å²) >= 11 is 0. The predicted molar refractivity (Wildman–Crippen MR) is 71.4 cm³/mol. The third-order valence-corrected chi connectivity index (χ3v) is 2.45. The lowest BCUT2D eigenvalue weighted by Gasteiger charge is -2.09. The molecule has 0 radical (unpaired) electrons. The molecule has 0 fully saturated rings. The molecule has 0 aromatic carbocycles. The Hall–Kier alpha value is -1.91. The molecule has 0 unspecified atom stereocenters. The standard InChI is InChI=1S/C13H19N3O2/c1-4-6-13(18)16-11-7-9(3)10(8-14-11)15-12(17)5-2/h7-8H,4-6H2,1-3H3,(H,15,17)(H,14,16,18). The van der Waals surface area contributed by atoms with Crippen LogP contribution in [0.15, 0.2) is 12.3 Å². The maximum atomic E-state index is 11.4. The summed E-state index contributed by atoms with van der Waals surface area (Å²) in [6.07, 6.45) is 3.27. The Morgan fingerprint density at radius 2 is 1.94 bits per heavy atom. The van der Waals surface area contributed by atoms with Gasteiger partial charge in [-0.3, -0.25) is 9.59 Å². The summed E-state index contributed by atoms with van der Waals surface area (Å²) in [5.74, 6) is 0.415. The van der Waals surface area contributed by atoms with Crippen molar-refractivity contribution in [1.82, 2.24) is 4.98 Å². The minimum atomic E-state index is -0.0531. The van der Waals surface area contributed by atoms with Crippen LogP contribution in [-0.4, -0.2) is 16.8 Å². The Balaban J connectivity index is 2.73. The van der Waals surface area contributed by atoms with Crippen molar-refractivity contribution in [2.24, 2.45) is 0 Å². The van der Waals surface area contributed by atoms with Crippen LogP contribution < -0.4 is 10.6 Å². The van der Waals surface area contributed by atoms with Crippen molar-refractivity contribution in [3.63, 3.8) is 0 Å². The van der Waals surface area contributed by atoms with E-state index in [2.05, 4.69) is 15.6 Å². The van der Waals surface area contributed by atoms with E-state index in [1.807, 2.05) is 13.8 Å². The van der Waals surface area contributed by atoms with Crippen LogP contribution >= 0.6 is 0 Å². The summed E-state index contributed by atoms with van der Waals surface area (Å²) < 4.78 is 0. The molecule has 0 aliphatic rings. The fourth-order valence-electron chi connectivity index (χ4n) is 1.43. The van der Waals surface area contributed by atoms with E-state index < -0.39 is 0 Å². The Kier molecular flexibility index (Phi) is 5.30. The number of anilines is 2. The van der Waals surface area contributed by atoms with Crippen LogP contribution in [0.25, 0.3) is 0 Å². The Morgan fingerprint density at radius 3 is 2.50 bits per heavy atom. The molecule has 0 spiro atoms. The minimum Gasteiger partial charge on any atom is -0.325 e. The van der Waals surface area contributed by atoms with Crippen LogP contribution in [0, 0.1) is 6.92 Å². The van der Waals surface area contributed by atoms with E-state index in [1.165, 1.54) is 0 Å². The molecule has 5 heteroatoms. The summed E-state index contributed by atoms with van der Waals surface area (Å²) in [4.78, 5) is 26.8. The van der Waals surface area contributed by atoms with Gasteiger partial charge in [-0.1, -0.05) is 13.8 Å². The molecule has 5 nitrogen and oxygen atoms in total. The Morgan fingerprint density at radius 1 is 1.22 bits per heavy atom. The van der Waals surface area contributed by atoms with Gasteiger partial charge in [0.1, 0.15) is 5.82 Å². The predicted octanol–water partition coefficient (Wildman–Crippen LogP) is 2.48. The largest absolute Gasteiger partial charge is 0.325 e. The topological polar surface area (TPSA) is 71.1 Å². The van der Waals surface area contributed by atoms with Crippen molar-refractivity contribution in [1.29, 1.82) is 0 Å². The highest BCUT2D eigenvalue weighted by Crippen LogP contribution is 2.17. The molecule has 0 aliphatic heterocycles. The van der Waals surface area contributed by atoms with Gasteiger partial charge in [0.05, 0.1) is 11.9 Å². The summed E-state index contributed by atoms with van der Waals surface area (Å²) in [7, 11) is 0.